The van der Waals surface area contributed by atoms with E-state index in [2.05, 4.69) is 0 Å². The number of allylic oxidation sites excluding steroid dienone is 2. The highest BCUT2D eigenvalue weighted by atomic mass is 16.5. The maximum atomic E-state index is 13.6. The summed E-state index contributed by atoms with van der Waals surface area (Å²) in [5.41, 5.74) is 1.98. The number of primary amides is 1. The summed E-state index contributed by atoms with van der Waals surface area (Å²) in [6.45, 7) is 1.85. The Kier molecular flexibility index (Phi) is 4.91. The quantitative estimate of drug-likeness (QED) is 0.394. The van der Waals surface area contributed by atoms with Crippen LogP contribution in [0.3, 0.4) is 0 Å². The van der Waals surface area contributed by atoms with E-state index in [4.69, 9.17) is 10.5 Å². The first kappa shape index (κ1) is 23.1. The van der Waals surface area contributed by atoms with E-state index in [0.29, 0.717) is 17.7 Å². The number of hydrogen-bond donors (Lipinski definition) is 5. The van der Waals surface area contributed by atoms with Crippen molar-refractivity contribution in [2.75, 3.05) is 14.1 Å². The van der Waals surface area contributed by atoms with Crippen LogP contribution in [0.1, 0.15) is 35.2 Å². The first-order valence-electron chi connectivity index (χ1n) is 11.3. The largest absolute Gasteiger partial charge is 0.510 e. The molecule has 10 nitrogen and oxygen atoms in total. The van der Waals surface area contributed by atoms with Crippen molar-refractivity contribution in [1.29, 1.82) is 0 Å². The van der Waals surface area contributed by atoms with Gasteiger partial charge in [0.25, 0.3) is 5.91 Å². The van der Waals surface area contributed by atoms with Crippen LogP contribution in [0, 0.1) is 11.8 Å². The third kappa shape index (κ3) is 2.74. The Bertz CT molecular complexity index is 1290. The molecule has 0 aromatic heterocycles. The Labute approximate surface area is 200 Å². The van der Waals surface area contributed by atoms with Crippen LogP contribution in [-0.2, 0) is 14.3 Å². The molecule has 35 heavy (non-hydrogen) atoms. The van der Waals surface area contributed by atoms with E-state index in [-0.39, 0.29) is 16.9 Å². The average molecular weight is 482 g/mol. The predicted molar refractivity (Wildman–Crippen MR) is 121 cm³/mol. The van der Waals surface area contributed by atoms with Crippen molar-refractivity contribution >= 4 is 17.5 Å². The minimum absolute atomic E-state index is 0.0364. The standard InChI is InChI=1S/C25H26N2O8/c1-4-9-8-11-10-6-5-7-12(28)13(10)19(29)15-14(11)21(35-9)17-18(27(2)3)20(30)16(24(26)33)23(32)25(17,34)22(15)31/h5-8,11,14,17-18,21,28,30-31,34H,4H2,1-3H3,(H2,26,33)/t11-,14+,17+,18-,21-,25-/m0/s1. The molecule has 1 aromatic rings. The number of phenolic OH excluding ortho intramolecular Hbond substituents is 1. The number of fused-ring (bicyclic) bond motifs is 4. The van der Waals surface area contributed by atoms with Gasteiger partial charge in [-0.05, 0) is 31.8 Å². The van der Waals surface area contributed by atoms with Crippen molar-refractivity contribution in [2.45, 2.75) is 37.0 Å². The second kappa shape index (κ2) is 7.43. The van der Waals surface area contributed by atoms with E-state index in [0.717, 1.165) is 0 Å². The summed E-state index contributed by atoms with van der Waals surface area (Å²) in [6, 6.07) is 3.51. The number of aliphatic hydroxyl groups is 3. The van der Waals surface area contributed by atoms with Gasteiger partial charge in [-0.1, -0.05) is 19.1 Å². The summed E-state index contributed by atoms with van der Waals surface area (Å²) in [4.78, 5) is 40.8. The average Bonchev–Trinajstić information content (AvgIpc) is 2.79. The van der Waals surface area contributed by atoms with Gasteiger partial charge in [-0.3, -0.25) is 19.3 Å². The normalized spacial score (nSPS) is 33.6. The number of likely N-dealkylation sites (N-methyl/N-ethyl adjacent to an activating group) is 1. The lowest BCUT2D eigenvalue weighted by Crippen LogP contribution is -2.69. The molecule has 0 spiro atoms. The molecule has 184 valence electrons. The molecular weight excluding hydrogens is 456 g/mol. The van der Waals surface area contributed by atoms with Crippen molar-refractivity contribution in [1.82, 2.24) is 4.90 Å². The molecule has 1 heterocycles. The van der Waals surface area contributed by atoms with Crippen LogP contribution >= 0.6 is 0 Å². The fourth-order valence-electron chi connectivity index (χ4n) is 6.25. The fourth-order valence-corrected chi connectivity index (χ4v) is 6.25. The molecule has 4 aliphatic rings. The summed E-state index contributed by atoms with van der Waals surface area (Å²) in [5.74, 6) is -7.30. The van der Waals surface area contributed by atoms with Crippen LogP contribution in [0.4, 0.5) is 0 Å². The molecule has 3 aliphatic carbocycles. The third-order valence-electron chi connectivity index (χ3n) is 7.69. The number of carbonyl (C=O) groups excluding carboxylic acids is 3. The Balaban J connectivity index is 1.88. The zero-order chi connectivity index (χ0) is 25.6. The molecule has 0 fully saturated rings. The maximum Gasteiger partial charge on any atom is 0.255 e. The number of carbonyl (C=O) groups is 3. The lowest BCUT2D eigenvalue weighted by Gasteiger charge is -2.56. The molecule has 0 saturated heterocycles. The number of ketones is 2. The van der Waals surface area contributed by atoms with Crippen molar-refractivity contribution in [2.24, 2.45) is 17.6 Å². The SMILES string of the molecule is CCC1=C[C@H]2c3cccc(O)c3C(=O)C3=C(O)[C@]4(O)C(=O)C(C(N)=O)=C(O)[C@@H](N(C)C)[C@@H]4[C@@H](O1)[C@@H]32. The number of nitrogens with two attached hydrogens (primary N) is 1. The van der Waals surface area contributed by atoms with E-state index in [1.54, 1.807) is 26.2 Å². The van der Waals surface area contributed by atoms with Gasteiger partial charge in [0.2, 0.25) is 5.78 Å². The topological polar surface area (TPSA) is 171 Å². The molecule has 10 heteroatoms. The molecule has 6 N–H and O–H groups in total. The number of phenols is 1. The molecule has 5 rings (SSSR count). The molecule has 0 unspecified atom stereocenters. The van der Waals surface area contributed by atoms with E-state index in [1.165, 1.54) is 11.0 Å². The highest BCUT2D eigenvalue weighted by Gasteiger charge is 2.69. The van der Waals surface area contributed by atoms with Crippen LogP contribution < -0.4 is 5.73 Å². The summed E-state index contributed by atoms with van der Waals surface area (Å²) in [6.07, 6.45) is 1.22. The number of nitrogens with zero attached hydrogens (tertiary/aromatic N) is 1. The summed E-state index contributed by atoms with van der Waals surface area (Å²) in [5, 5.41) is 44.8. The predicted octanol–water partition coefficient (Wildman–Crippen LogP) is 0.964. The Morgan fingerprint density at radius 3 is 2.49 bits per heavy atom. The van der Waals surface area contributed by atoms with Crippen LogP contribution in [0.2, 0.25) is 0 Å². The molecular formula is C25H26N2O8. The smallest absolute Gasteiger partial charge is 0.255 e. The second-order valence-corrected chi connectivity index (χ2v) is 9.61. The van der Waals surface area contributed by atoms with Gasteiger partial charge in [0.05, 0.1) is 23.3 Å². The van der Waals surface area contributed by atoms with Gasteiger partial charge in [0.1, 0.15) is 28.9 Å². The number of hydrogen-bond acceptors (Lipinski definition) is 9. The number of rotatable bonds is 3. The van der Waals surface area contributed by atoms with Gasteiger partial charge in [-0.15, -0.1) is 0 Å². The van der Waals surface area contributed by atoms with Gasteiger partial charge in [0, 0.05) is 23.8 Å². The van der Waals surface area contributed by atoms with E-state index < -0.39 is 70.1 Å². The molecule has 0 bridgehead atoms. The molecule has 0 saturated carbocycles. The van der Waals surface area contributed by atoms with E-state index in [1.807, 2.05) is 13.0 Å². The lowest BCUT2D eigenvalue weighted by molar-refractivity contribution is -0.166. The van der Waals surface area contributed by atoms with Crippen molar-refractivity contribution in [3.8, 4) is 5.75 Å². The lowest BCUT2D eigenvalue weighted by atomic mass is 9.54. The highest BCUT2D eigenvalue weighted by molar-refractivity contribution is 6.25. The van der Waals surface area contributed by atoms with Gasteiger partial charge in [0.15, 0.2) is 11.4 Å². The Morgan fingerprint density at radius 1 is 1.20 bits per heavy atom. The summed E-state index contributed by atoms with van der Waals surface area (Å²) < 4.78 is 6.24. The van der Waals surface area contributed by atoms with E-state index >= 15 is 0 Å². The highest BCUT2D eigenvalue weighted by Crippen LogP contribution is 2.58. The van der Waals surface area contributed by atoms with Crippen LogP contribution in [0.15, 0.2) is 52.7 Å². The van der Waals surface area contributed by atoms with Crippen molar-refractivity contribution < 1.29 is 39.5 Å². The Morgan fingerprint density at radius 2 is 1.89 bits per heavy atom. The number of amides is 1. The fraction of sp³-hybridized carbons (Fsp3) is 0.400. The van der Waals surface area contributed by atoms with Crippen molar-refractivity contribution in [3.05, 3.63) is 63.8 Å². The Hall–Kier alpha value is -3.63. The number of Topliss-reactive ketones (excluding diaryl/α,β-unsaturated/α-hetero) is 2. The summed E-state index contributed by atoms with van der Waals surface area (Å²) >= 11 is 0. The molecule has 1 amide bonds. The molecule has 6 atom stereocenters. The van der Waals surface area contributed by atoms with Crippen LogP contribution in [0.5, 0.6) is 5.75 Å². The first-order chi connectivity index (χ1) is 16.5. The van der Waals surface area contributed by atoms with Crippen LogP contribution in [0.25, 0.3) is 0 Å². The maximum absolute atomic E-state index is 13.6. The number of aliphatic hydroxyl groups excluding tert-OH is 2. The van der Waals surface area contributed by atoms with Gasteiger partial charge >= 0.3 is 0 Å². The monoisotopic (exact) mass is 482 g/mol. The van der Waals surface area contributed by atoms with Gasteiger partial charge in [-0.25, -0.2) is 0 Å². The molecule has 1 aliphatic heterocycles. The zero-order valence-electron chi connectivity index (χ0n) is 19.3. The minimum atomic E-state index is -2.78. The number of ether oxygens (including phenoxy) is 1. The van der Waals surface area contributed by atoms with Crippen LogP contribution in [-0.4, -0.2) is 74.6 Å². The van der Waals surface area contributed by atoms with Gasteiger partial charge < -0.3 is 30.9 Å². The van der Waals surface area contributed by atoms with E-state index in [9.17, 15) is 34.8 Å². The third-order valence-corrected chi connectivity index (χ3v) is 7.69. The second-order valence-electron chi connectivity index (χ2n) is 9.61. The van der Waals surface area contributed by atoms with Crippen molar-refractivity contribution in [3.63, 3.8) is 0 Å². The number of benzene rings is 1. The summed E-state index contributed by atoms with van der Waals surface area (Å²) in [7, 11) is 3.14. The molecule has 1 aromatic carbocycles. The zero-order valence-corrected chi connectivity index (χ0v) is 19.3. The molecule has 0 radical (unpaired) electrons. The minimum Gasteiger partial charge on any atom is -0.510 e. The first-order valence-corrected chi connectivity index (χ1v) is 11.3. The number of aromatic hydroxyl groups is 1. The van der Waals surface area contributed by atoms with Gasteiger partial charge in [-0.2, -0.15) is 0 Å².